The molecular formula is C21H36IN3O3. The first-order valence-electron chi connectivity index (χ1n) is 10.0. The van der Waals surface area contributed by atoms with E-state index < -0.39 is 0 Å². The Balaban J connectivity index is 0.00000392. The molecule has 0 bridgehead atoms. The van der Waals surface area contributed by atoms with Gasteiger partial charge in [-0.3, -0.25) is 4.99 Å². The lowest BCUT2D eigenvalue weighted by Gasteiger charge is -2.30. The minimum absolute atomic E-state index is 0. The van der Waals surface area contributed by atoms with Gasteiger partial charge in [-0.25, -0.2) is 0 Å². The molecule has 2 rings (SSSR count). The van der Waals surface area contributed by atoms with Crippen LogP contribution in [0, 0.1) is 5.41 Å². The zero-order valence-electron chi connectivity index (χ0n) is 17.5. The normalized spacial score (nSPS) is 15.6. The molecule has 1 aromatic carbocycles. The van der Waals surface area contributed by atoms with E-state index in [9.17, 15) is 0 Å². The third-order valence-corrected chi connectivity index (χ3v) is 5.22. The van der Waals surface area contributed by atoms with Crippen molar-refractivity contribution in [1.29, 1.82) is 0 Å². The highest BCUT2D eigenvalue weighted by Gasteiger charge is 2.33. The van der Waals surface area contributed by atoms with Gasteiger partial charge < -0.3 is 24.8 Å². The van der Waals surface area contributed by atoms with E-state index in [2.05, 4.69) is 22.5 Å². The minimum Gasteiger partial charge on any atom is -0.497 e. The average molecular weight is 505 g/mol. The van der Waals surface area contributed by atoms with Crippen molar-refractivity contribution in [3.8, 4) is 11.5 Å². The first kappa shape index (κ1) is 24.8. The largest absolute Gasteiger partial charge is 0.497 e. The minimum atomic E-state index is 0. The van der Waals surface area contributed by atoms with E-state index in [4.69, 9.17) is 14.2 Å². The molecule has 2 N–H and O–H groups in total. The molecule has 0 saturated heterocycles. The highest BCUT2D eigenvalue weighted by Crippen LogP contribution is 2.40. The van der Waals surface area contributed by atoms with Crippen LogP contribution >= 0.6 is 24.0 Å². The van der Waals surface area contributed by atoms with E-state index in [1.165, 1.54) is 25.7 Å². The molecule has 28 heavy (non-hydrogen) atoms. The van der Waals surface area contributed by atoms with Crippen LogP contribution in [0.4, 0.5) is 0 Å². The smallest absolute Gasteiger partial charge is 0.191 e. The van der Waals surface area contributed by atoms with Gasteiger partial charge in [-0.05, 0) is 55.9 Å². The van der Waals surface area contributed by atoms with Gasteiger partial charge in [0.1, 0.15) is 18.1 Å². The lowest BCUT2D eigenvalue weighted by Crippen LogP contribution is -2.44. The molecule has 7 heteroatoms. The summed E-state index contributed by atoms with van der Waals surface area (Å²) in [7, 11) is 3.46. The molecule has 0 aromatic heterocycles. The van der Waals surface area contributed by atoms with Gasteiger partial charge in [-0.2, -0.15) is 0 Å². The highest BCUT2D eigenvalue weighted by atomic mass is 127. The van der Waals surface area contributed by atoms with Gasteiger partial charge >= 0.3 is 0 Å². The number of guanidine groups is 1. The zero-order chi connectivity index (χ0) is 19.4. The fourth-order valence-corrected chi connectivity index (χ4v) is 3.58. The van der Waals surface area contributed by atoms with Gasteiger partial charge in [0.25, 0.3) is 0 Å². The predicted molar refractivity (Wildman–Crippen MR) is 125 cm³/mol. The van der Waals surface area contributed by atoms with Gasteiger partial charge in [0.15, 0.2) is 5.96 Å². The molecule has 1 saturated carbocycles. The van der Waals surface area contributed by atoms with E-state index in [-0.39, 0.29) is 24.0 Å². The second kappa shape index (κ2) is 13.9. The van der Waals surface area contributed by atoms with E-state index in [1.54, 1.807) is 14.2 Å². The Morgan fingerprint density at radius 2 is 1.75 bits per heavy atom. The van der Waals surface area contributed by atoms with Crippen molar-refractivity contribution in [3.63, 3.8) is 0 Å². The molecule has 1 aliphatic carbocycles. The first-order valence-corrected chi connectivity index (χ1v) is 10.0. The second-order valence-corrected chi connectivity index (χ2v) is 7.03. The summed E-state index contributed by atoms with van der Waals surface area (Å²) in [5.74, 6) is 2.49. The third-order valence-electron chi connectivity index (χ3n) is 5.22. The highest BCUT2D eigenvalue weighted by molar-refractivity contribution is 14.0. The molecule has 0 heterocycles. The molecule has 6 nitrogen and oxygen atoms in total. The van der Waals surface area contributed by atoms with Crippen LogP contribution in [0.15, 0.2) is 29.3 Å². The van der Waals surface area contributed by atoms with Crippen LogP contribution in [0.2, 0.25) is 0 Å². The van der Waals surface area contributed by atoms with Crippen molar-refractivity contribution in [2.45, 2.75) is 39.0 Å². The van der Waals surface area contributed by atoms with Crippen molar-refractivity contribution in [2.75, 3.05) is 47.1 Å². The maximum Gasteiger partial charge on any atom is 0.191 e. The van der Waals surface area contributed by atoms with Crippen molar-refractivity contribution >= 4 is 29.9 Å². The van der Waals surface area contributed by atoms with Crippen LogP contribution in [0.5, 0.6) is 11.5 Å². The summed E-state index contributed by atoms with van der Waals surface area (Å²) in [6.45, 7) is 5.90. The van der Waals surface area contributed by atoms with Gasteiger partial charge in [0.05, 0.1) is 13.7 Å². The Bertz CT molecular complexity index is 561. The Kier molecular flexibility index (Phi) is 12.3. The number of rotatable bonds is 11. The van der Waals surface area contributed by atoms with Crippen LogP contribution in [-0.4, -0.2) is 53.0 Å². The number of methoxy groups -OCH3 is 1. The van der Waals surface area contributed by atoms with Crippen LogP contribution < -0.4 is 20.1 Å². The monoisotopic (exact) mass is 505 g/mol. The van der Waals surface area contributed by atoms with E-state index in [1.807, 2.05) is 24.3 Å². The fraction of sp³-hybridized carbons (Fsp3) is 0.667. The summed E-state index contributed by atoms with van der Waals surface area (Å²) in [4.78, 5) is 4.33. The van der Waals surface area contributed by atoms with Crippen molar-refractivity contribution in [2.24, 2.45) is 10.4 Å². The van der Waals surface area contributed by atoms with Crippen molar-refractivity contribution in [1.82, 2.24) is 10.6 Å². The Morgan fingerprint density at radius 3 is 2.36 bits per heavy atom. The standard InChI is InChI=1S/C21H35N3O3.HI/c1-4-26-15-13-21(11-5-6-12-21)17-24-20(22-2)23-14-16-27-19-9-7-18(25-3)8-10-19;/h7-10H,4-6,11-17H2,1-3H3,(H2,22,23,24);1H. The molecule has 0 spiro atoms. The van der Waals surface area contributed by atoms with Crippen LogP contribution in [0.1, 0.15) is 39.0 Å². The average Bonchev–Trinajstić information content (AvgIpc) is 3.17. The molecule has 0 aliphatic heterocycles. The molecule has 0 amide bonds. The predicted octanol–water partition coefficient (Wildman–Crippen LogP) is 3.84. The number of benzene rings is 1. The van der Waals surface area contributed by atoms with Gasteiger partial charge in [0, 0.05) is 26.8 Å². The molecule has 1 aromatic rings. The van der Waals surface area contributed by atoms with Crippen molar-refractivity contribution in [3.05, 3.63) is 24.3 Å². The number of halogens is 1. The lowest BCUT2D eigenvalue weighted by molar-refractivity contribution is 0.105. The maximum absolute atomic E-state index is 5.75. The summed E-state index contributed by atoms with van der Waals surface area (Å²) in [6, 6.07) is 7.61. The fourth-order valence-electron chi connectivity index (χ4n) is 3.58. The van der Waals surface area contributed by atoms with E-state index in [0.29, 0.717) is 18.6 Å². The Hall–Kier alpha value is -1.22. The first-order chi connectivity index (χ1) is 13.2. The number of hydrogen-bond acceptors (Lipinski definition) is 4. The number of nitrogens with zero attached hydrogens (tertiary/aromatic N) is 1. The lowest BCUT2D eigenvalue weighted by atomic mass is 9.83. The topological polar surface area (TPSA) is 64.1 Å². The van der Waals surface area contributed by atoms with E-state index in [0.717, 1.165) is 43.6 Å². The number of hydrogen-bond donors (Lipinski definition) is 2. The zero-order valence-corrected chi connectivity index (χ0v) is 19.8. The van der Waals surface area contributed by atoms with Gasteiger partial charge in [-0.15, -0.1) is 24.0 Å². The summed E-state index contributed by atoms with van der Waals surface area (Å²) in [5.41, 5.74) is 0.340. The number of ether oxygens (including phenoxy) is 3. The molecule has 1 fully saturated rings. The Morgan fingerprint density at radius 1 is 1.07 bits per heavy atom. The molecule has 0 atom stereocenters. The SMILES string of the molecule is CCOCCC1(CNC(=NC)NCCOc2ccc(OC)cc2)CCCC1.I. The number of aliphatic imine (C=N–C) groups is 1. The van der Waals surface area contributed by atoms with Crippen LogP contribution in [-0.2, 0) is 4.74 Å². The summed E-state index contributed by atoms with van der Waals surface area (Å²) in [6.07, 6.45) is 6.28. The molecule has 160 valence electrons. The van der Waals surface area contributed by atoms with Gasteiger partial charge in [0.2, 0.25) is 0 Å². The summed E-state index contributed by atoms with van der Waals surface area (Å²) < 4.78 is 16.5. The number of nitrogens with one attached hydrogen (secondary N) is 2. The van der Waals surface area contributed by atoms with Crippen LogP contribution in [0.25, 0.3) is 0 Å². The quantitative estimate of drug-likeness (QED) is 0.207. The summed E-state index contributed by atoms with van der Waals surface area (Å²) in [5, 5.41) is 6.83. The Labute approximate surface area is 186 Å². The molecule has 0 unspecified atom stereocenters. The van der Waals surface area contributed by atoms with Crippen LogP contribution in [0.3, 0.4) is 0 Å². The van der Waals surface area contributed by atoms with Gasteiger partial charge in [-0.1, -0.05) is 12.8 Å². The molecule has 0 radical (unpaired) electrons. The van der Waals surface area contributed by atoms with E-state index >= 15 is 0 Å². The molecule has 1 aliphatic rings. The molecular weight excluding hydrogens is 469 g/mol. The van der Waals surface area contributed by atoms with Crippen molar-refractivity contribution < 1.29 is 14.2 Å². The third kappa shape index (κ3) is 8.43. The maximum atomic E-state index is 5.75. The summed E-state index contributed by atoms with van der Waals surface area (Å²) >= 11 is 0. The second-order valence-electron chi connectivity index (χ2n) is 7.03.